The molecule has 0 aromatic carbocycles. The third-order valence-electron chi connectivity index (χ3n) is 1.70. The molecule has 7 heteroatoms. The summed E-state index contributed by atoms with van der Waals surface area (Å²) in [6, 6.07) is 3.31. The van der Waals surface area contributed by atoms with Gasteiger partial charge in [0.1, 0.15) is 5.82 Å². The molecule has 2 aromatic heterocycles. The van der Waals surface area contributed by atoms with Crippen LogP contribution in [-0.2, 0) is 0 Å². The fraction of sp³-hybridized carbons (Fsp3) is 0. The van der Waals surface area contributed by atoms with Crippen LogP contribution in [0, 0.1) is 0 Å². The quantitative estimate of drug-likeness (QED) is 0.865. The molecule has 0 spiro atoms. The van der Waals surface area contributed by atoms with Gasteiger partial charge in [0.05, 0.1) is 9.35 Å². The number of carbonyl (C=O) groups excluding carboxylic acids is 1. The van der Waals surface area contributed by atoms with E-state index in [1.54, 1.807) is 17.5 Å². The summed E-state index contributed by atoms with van der Waals surface area (Å²) in [7, 11) is 0. The Morgan fingerprint density at radius 2 is 2.38 bits per heavy atom. The van der Waals surface area contributed by atoms with Crippen molar-refractivity contribution in [2.75, 3.05) is 5.32 Å². The van der Waals surface area contributed by atoms with Gasteiger partial charge in [-0.1, -0.05) is 0 Å². The molecule has 1 N–H and O–H groups in total. The number of amides is 1. The number of anilines is 1. The number of carbonyl (C=O) groups is 1. The van der Waals surface area contributed by atoms with Crippen LogP contribution >= 0.6 is 38.9 Å². The number of thiophene rings is 1. The van der Waals surface area contributed by atoms with Crippen molar-refractivity contribution in [2.45, 2.75) is 0 Å². The van der Waals surface area contributed by atoms with Crippen molar-refractivity contribution in [1.29, 1.82) is 0 Å². The lowest BCUT2D eigenvalue weighted by atomic mass is 10.3. The third-order valence-corrected chi connectivity index (χ3v) is 3.38. The molecule has 1 amide bonds. The van der Waals surface area contributed by atoms with Crippen molar-refractivity contribution in [3.8, 4) is 0 Å². The molecule has 16 heavy (non-hydrogen) atoms. The minimum Gasteiger partial charge on any atom is -0.306 e. The van der Waals surface area contributed by atoms with Gasteiger partial charge in [0, 0.05) is 11.6 Å². The summed E-state index contributed by atoms with van der Waals surface area (Å²) >= 11 is 10.3. The van der Waals surface area contributed by atoms with Gasteiger partial charge in [0.25, 0.3) is 5.91 Å². The predicted octanol–water partition coefficient (Wildman–Crippen LogP) is 3.21. The van der Waals surface area contributed by atoms with Crippen LogP contribution in [0.25, 0.3) is 0 Å². The van der Waals surface area contributed by atoms with Crippen molar-refractivity contribution in [3.05, 3.63) is 38.3 Å². The molecule has 2 heterocycles. The van der Waals surface area contributed by atoms with E-state index in [0.29, 0.717) is 11.4 Å². The van der Waals surface area contributed by atoms with Gasteiger partial charge in [-0.25, -0.2) is 9.97 Å². The molecule has 2 aromatic rings. The van der Waals surface area contributed by atoms with Gasteiger partial charge in [0.2, 0.25) is 5.28 Å². The molecule has 0 atom stereocenters. The molecule has 0 fully saturated rings. The molecule has 0 aliphatic carbocycles. The van der Waals surface area contributed by atoms with E-state index in [0.717, 1.165) is 3.79 Å². The number of nitrogens with zero attached hydrogens (tertiary/aromatic N) is 2. The molecule has 0 bridgehead atoms. The molecule has 0 aliphatic heterocycles. The summed E-state index contributed by atoms with van der Waals surface area (Å²) in [5.41, 5.74) is 0.576. The van der Waals surface area contributed by atoms with Gasteiger partial charge >= 0.3 is 0 Å². The van der Waals surface area contributed by atoms with Gasteiger partial charge in [0.15, 0.2) is 0 Å². The van der Waals surface area contributed by atoms with Crippen LogP contribution in [-0.4, -0.2) is 15.9 Å². The molecule has 0 aliphatic rings. The minimum absolute atomic E-state index is 0.101. The Kier molecular flexibility index (Phi) is 3.52. The maximum atomic E-state index is 11.7. The lowest BCUT2D eigenvalue weighted by Crippen LogP contribution is -2.12. The summed E-state index contributed by atoms with van der Waals surface area (Å²) in [4.78, 5) is 19.3. The molecule has 0 saturated heterocycles. The van der Waals surface area contributed by atoms with Crippen LogP contribution in [0.4, 0.5) is 5.82 Å². The highest BCUT2D eigenvalue weighted by atomic mass is 79.9. The molecular formula is C9H5BrClN3OS. The maximum Gasteiger partial charge on any atom is 0.257 e. The zero-order chi connectivity index (χ0) is 11.5. The Labute approximate surface area is 109 Å². The Bertz CT molecular complexity index is 531. The SMILES string of the molecule is O=C(Nc1ccnc(Cl)n1)c1csc(Br)c1. The first-order chi connectivity index (χ1) is 7.65. The van der Waals surface area contributed by atoms with Gasteiger partial charge in [-0.2, -0.15) is 0 Å². The predicted molar refractivity (Wildman–Crippen MR) is 67.0 cm³/mol. The smallest absolute Gasteiger partial charge is 0.257 e. The third kappa shape index (κ3) is 2.78. The van der Waals surface area contributed by atoms with Crippen LogP contribution in [0.1, 0.15) is 10.4 Å². The highest BCUT2D eigenvalue weighted by Gasteiger charge is 2.09. The topological polar surface area (TPSA) is 54.9 Å². The van der Waals surface area contributed by atoms with Crippen molar-refractivity contribution >= 4 is 50.6 Å². The number of hydrogen-bond donors (Lipinski definition) is 1. The monoisotopic (exact) mass is 317 g/mol. The second-order valence-corrected chi connectivity index (χ2v) is 5.43. The summed E-state index contributed by atoms with van der Waals surface area (Å²) < 4.78 is 0.901. The van der Waals surface area contributed by atoms with E-state index < -0.39 is 0 Å². The highest BCUT2D eigenvalue weighted by molar-refractivity contribution is 9.11. The highest BCUT2D eigenvalue weighted by Crippen LogP contribution is 2.21. The first-order valence-electron chi connectivity index (χ1n) is 4.19. The molecule has 0 unspecified atom stereocenters. The van der Waals surface area contributed by atoms with Crippen molar-refractivity contribution < 1.29 is 4.79 Å². The molecular weight excluding hydrogens is 314 g/mol. The fourth-order valence-corrected chi connectivity index (χ4v) is 2.31. The summed E-state index contributed by atoms with van der Waals surface area (Å²) in [5.74, 6) is 0.157. The Morgan fingerprint density at radius 3 is 3.00 bits per heavy atom. The summed E-state index contributed by atoms with van der Waals surface area (Å²) in [6.45, 7) is 0. The van der Waals surface area contributed by atoms with E-state index in [2.05, 4.69) is 31.2 Å². The van der Waals surface area contributed by atoms with E-state index in [4.69, 9.17) is 11.6 Å². The maximum absolute atomic E-state index is 11.7. The van der Waals surface area contributed by atoms with Gasteiger partial charge in [-0.3, -0.25) is 4.79 Å². The summed E-state index contributed by atoms with van der Waals surface area (Å²) in [5, 5.41) is 4.48. The Balaban J connectivity index is 2.13. The Hall–Kier alpha value is -0.980. The average molecular weight is 319 g/mol. The standard InChI is InChI=1S/C9H5BrClN3OS/c10-6-3-5(4-16-6)8(15)13-7-1-2-12-9(11)14-7/h1-4H,(H,12,13,14,15). The van der Waals surface area contributed by atoms with Crippen molar-refractivity contribution in [3.63, 3.8) is 0 Å². The van der Waals surface area contributed by atoms with Gasteiger partial charge in [-0.15, -0.1) is 11.3 Å². The lowest BCUT2D eigenvalue weighted by Gasteiger charge is -2.01. The second-order valence-electron chi connectivity index (χ2n) is 2.80. The van der Waals surface area contributed by atoms with E-state index in [1.165, 1.54) is 17.5 Å². The number of rotatable bonds is 2. The second kappa shape index (κ2) is 4.90. The first-order valence-corrected chi connectivity index (χ1v) is 6.24. The Morgan fingerprint density at radius 1 is 1.56 bits per heavy atom. The zero-order valence-electron chi connectivity index (χ0n) is 7.78. The van der Waals surface area contributed by atoms with Crippen LogP contribution in [0.2, 0.25) is 5.28 Å². The number of hydrogen-bond acceptors (Lipinski definition) is 4. The van der Waals surface area contributed by atoms with Gasteiger partial charge in [-0.05, 0) is 39.7 Å². The largest absolute Gasteiger partial charge is 0.306 e. The van der Waals surface area contributed by atoms with Crippen LogP contribution in [0.15, 0.2) is 27.5 Å². The number of aromatic nitrogens is 2. The zero-order valence-corrected chi connectivity index (χ0v) is 10.9. The van der Waals surface area contributed by atoms with Gasteiger partial charge < -0.3 is 5.32 Å². The van der Waals surface area contributed by atoms with Crippen LogP contribution in [0.3, 0.4) is 0 Å². The number of nitrogens with one attached hydrogen (secondary N) is 1. The van der Waals surface area contributed by atoms with E-state index in [9.17, 15) is 4.79 Å². The number of halogens is 2. The normalized spacial score (nSPS) is 10.1. The minimum atomic E-state index is -0.225. The molecule has 2 rings (SSSR count). The van der Waals surface area contributed by atoms with E-state index in [-0.39, 0.29) is 11.2 Å². The molecule has 82 valence electrons. The molecule has 4 nitrogen and oxygen atoms in total. The average Bonchev–Trinajstić information content (AvgIpc) is 2.65. The van der Waals surface area contributed by atoms with Crippen LogP contribution in [0.5, 0.6) is 0 Å². The first kappa shape index (κ1) is 11.5. The molecule has 0 saturated carbocycles. The van der Waals surface area contributed by atoms with E-state index >= 15 is 0 Å². The van der Waals surface area contributed by atoms with Crippen LogP contribution < -0.4 is 5.32 Å². The summed E-state index contributed by atoms with van der Waals surface area (Å²) in [6.07, 6.45) is 1.48. The lowest BCUT2D eigenvalue weighted by molar-refractivity contribution is 0.102. The van der Waals surface area contributed by atoms with E-state index in [1.807, 2.05) is 0 Å². The van der Waals surface area contributed by atoms with Crippen molar-refractivity contribution in [2.24, 2.45) is 0 Å². The molecule has 0 radical (unpaired) electrons. The fourth-order valence-electron chi connectivity index (χ4n) is 1.02. The van der Waals surface area contributed by atoms with Crippen molar-refractivity contribution in [1.82, 2.24) is 9.97 Å².